The van der Waals surface area contributed by atoms with Gasteiger partial charge in [0, 0.05) is 12.2 Å². The number of hydrogen-bond acceptors (Lipinski definition) is 3. The van der Waals surface area contributed by atoms with Gasteiger partial charge in [-0.25, -0.2) is 9.59 Å². The van der Waals surface area contributed by atoms with E-state index < -0.39 is 5.97 Å². The molecule has 1 aromatic carbocycles. The molecule has 0 radical (unpaired) electrons. The Morgan fingerprint density at radius 1 is 1.14 bits per heavy atom. The second-order valence-electron chi connectivity index (χ2n) is 4.50. The zero-order valence-corrected chi connectivity index (χ0v) is 11.5. The number of carboxylic acids is 1. The van der Waals surface area contributed by atoms with E-state index in [2.05, 4.69) is 15.6 Å². The number of nitrogens with zero attached hydrogens (tertiary/aromatic N) is 1. The number of amides is 2. The smallest absolute Gasteiger partial charge is 0.335 e. The van der Waals surface area contributed by atoms with Gasteiger partial charge < -0.3 is 15.7 Å². The molecule has 6 nitrogen and oxygen atoms in total. The van der Waals surface area contributed by atoms with Crippen molar-refractivity contribution in [1.82, 2.24) is 10.3 Å². The van der Waals surface area contributed by atoms with Gasteiger partial charge in [0.15, 0.2) is 0 Å². The van der Waals surface area contributed by atoms with Crippen LogP contribution in [0.1, 0.15) is 21.6 Å². The third-order valence-electron chi connectivity index (χ3n) is 2.82. The van der Waals surface area contributed by atoms with Crippen LogP contribution < -0.4 is 10.6 Å². The quantitative estimate of drug-likeness (QED) is 0.804. The average Bonchev–Trinajstić information content (AvgIpc) is 2.48. The minimum Gasteiger partial charge on any atom is -0.478 e. The first kappa shape index (κ1) is 14.5. The van der Waals surface area contributed by atoms with Crippen molar-refractivity contribution in [2.45, 2.75) is 13.5 Å². The molecule has 0 saturated heterocycles. The van der Waals surface area contributed by atoms with E-state index in [0.29, 0.717) is 12.2 Å². The van der Waals surface area contributed by atoms with Gasteiger partial charge in [0.25, 0.3) is 0 Å². The average molecular weight is 285 g/mol. The third kappa shape index (κ3) is 4.31. The number of nitrogens with one attached hydrogen (secondary N) is 2. The maximum absolute atomic E-state index is 11.7. The lowest BCUT2D eigenvalue weighted by atomic mass is 10.1. The minimum atomic E-state index is -0.973. The fraction of sp³-hybridized carbons (Fsp3) is 0.133. The highest BCUT2D eigenvalue weighted by molar-refractivity contribution is 5.89. The van der Waals surface area contributed by atoms with Crippen molar-refractivity contribution in [3.63, 3.8) is 0 Å². The standard InChI is InChI=1S/C15H15N3O3/c1-10-2-7-13(9-16-10)18-15(21)17-8-11-3-5-12(6-4-11)14(19)20/h2-7,9H,8H2,1H3,(H,19,20)(H2,17,18,21). The summed E-state index contributed by atoms with van der Waals surface area (Å²) < 4.78 is 0. The largest absolute Gasteiger partial charge is 0.478 e. The highest BCUT2D eigenvalue weighted by Crippen LogP contribution is 2.06. The molecular formula is C15H15N3O3. The van der Waals surface area contributed by atoms with Crippen molar-refractivity contribution in [2.75, 3.05) is 5.32 Å². The molecule has 0 fully saturated rings. The van der Waals surface area contributed by atoms with Gasteiger partial charge in [-0.05, 0) is 36.8 Å². The topological polar surface area (TPSA) is 91.3 Å². The Morgan fingerprint density at radius 2 is 1.86 bits per heavy atom. The summed E-state index contributed by atoms with van der Waals surface area (Å²) >= 11 is 0. The van der Waals surface area contributed by atoms with E-state index >= 15 is 0 Å². The van der Waals surface area contributed by atoms with Gasteiger partial charge in [0.2, 0.25) is 0 Å². The summed E-state index contributed by atoms with van der Waals surface area (Å²) in [5, 5.41) is 14.1. The molecule has 6 heteroatoms. The predicted molar refractivity (Wildman–Crippen MR) is 78.2 cm³/mol. The van der Waals surface area contributed by atoms with E-state index in [1.165, 1.54) is 12.1 Å². The number of pyridine rings is 1. The normalized spacial score (nSPS) is 9.95. The van der Waals surface area contributed by atoms with Crippen LogP contribution in [0, 0.1) is 6.92 Å². The first-order chi connectivity index (χ1) is 10.0. The van der Waals surface area contributed by atoms with Crippen LogP contribution in [0.25, 0.3) is 0 Å². The van der Waals surface area contributed by atoms with Crippen LogP contribution in [0.5, 0.6) is 0 Å². The van der Waals surface area contributed by atoms with Crippen LogP contribution in [0.15, 0.2) is 42.6 Å². The lowest BCUT2D eigenvalue weighted by molar-refractivity contribution is 0.0697. The Labute approximate surface area is 121 Å². The summed E-state index contributed by atoms with van der Waals surface area (Å²) in [6.45, 7) is 2.18. The molecule has 0 unspecified atom stereocenters. The molecule has 2 aromatic rings. The fourth-order valence-corrected chi connectivity index (χ4v) is 1.66. The van der Waals surface area contributed by atoms with Gasteiger partial charge in [-0.2, -0.15) is 0 Å². The number of aromatic carboxylic acids is 1. The molecule has 0 aliphatic rings. The van der Waals surface area contributed by atoms with Crippen molar-refractivity contribution < 1.29 is 14.7 Å². The van der Waals surface area contributed by atoms with Crippen molar-refractivity contribution in [1.29, 1.82) is 0 Å². The lowest BCUT2D eigenvalue weighted by Crippen LogP contribution is -2.28. The number of carboxylic acid groups (broad SMARTS) is 1. The Hall–Kier alpha value is -2.89. The summed E-state index contributed by atoms with van der Waals surface area (Å²) in [6, 6.07) is 9.56. The summed E-state index contributed by atoms with van der Waals surface area (Å²) in [4.78, 5) is 26.5. The predicted octanol–water partition coefficient (Wildman–Crippen LogP) is 2.41. The molecule has 3 N–H and O–H groups in total. The fourth-order valence-electron chi connectivity index (χ4n) is 1.66. The molecule has 1 heterocycles. The Bertz CT molecular complexity index is 636. The number of hydrogen-bond donors (Lipinski definition) is 3. The molecule has 1 aromatic heterocycles. The van der Waals surface area contributed by atoms with Crippen LogP contribution in [-0.2, 0) is 6.54 Å². The van der Waals surface area contributed by atoms with Crippen molar-refractivity contribution >= 4 is 17.7 Å². The molecule has 0 atom stereocenters. The highest BCUT2D eigenvalue weighted by atomic mass is 16.4. The van der Waals surface area contributed by atoms with E-state index in [-0.39, 0.29) is 11.6 Å². The van der Waals surface area contributed by atoms with E-state index in [0.717, 1.165) is 11.3 Å². The Kier molecular flexibility index (Phi) is 4.50. The number of aromatic nitrogens is 1. The molecule has 0 aliphatic carbocycles. The molecule has 2 amide bonds. The third-order valence-corrected chi connectivity index (χ3v) is 2.82. The van der Waals surface area contributed by atoms with E-state index in [9.17, 15) is 9.59 Å². The summed E-state index contributed by atoms with van der Waals surface area (Å²) in [5.41, 5.74) is 2.52. The van der Waals surface area contributed by atoms with Gasteiger partial charge in [0.05, 0.1) is 17.4 Å². The highest BCUT2D eigenvalue weighted by Gasteiger charge is 2.04. The SMILES string of the molecule is Cc1ccc(NC(=O)NCc2ccc(C(=O)O)cc2)cn1. The van der Waals surface area contributed by atoms with Crippen molar-refractivity contribution in [3.8, 4) is 0 Å². The molecule has 0 aliphatic heterocycles. The van der Waals surface area contributed by atoms with Crippen LogP contribution in [0.3, 0.4) is 0 Å². The Morgan fingerprint density at radius 3 is 2.43 bits per heavy atom. The number of rotatable bonds is 4. The minimum absolute atomic E-state index is 0.217. The maximum Gasteiger partial charge on any atom is 0.335 e. The second-order valence-corrected chi connectivity index (χ2v) is 4.50. The van der Waals surface area contributed by atoms with Crippen LogP contribution >= 0.6 is 0 Å². The van der Waals surface area contributed by atoms with Crippen LogP contribution in [0.2, 0.25) is 0 Å². The van der Waals surface area contributed by atoms with Crippen LogP contribution in [-0.4, -0.2) is 22.1 Å². The maximum atomic E-state index is 11.7. The molecular weight excluding hydrogens is 270 g/mol. The first-order valence-corrected chi connectivity index (χ1v) is 6.34. The van der Waals surface area contributed by atoms with Gasteiger partial charge >= 0.3 is 12.0 Å². The molecule has 0 bridgehead atoms. The zero-order valence-electron chi connectivity index (χ0n) is 11.5. The monoisotopic (exact) mass is 285 g/mol. The molecule has 0 saturated carbocycles. The van der Waals surface area contributed by atoms with Crippen molar-refractivity contribution in [2.24, 2.45) is 0 Å². The van der Waals surface area contributed by atoms with Gasteiger partial charge in [-0.15, -0.1) is 0 Å². The molecule has 0 spiro atoms. The number of carbonyl (C=O) groups is 2. The van der Waals surface area contributed by atoms with Gasteiger partial charge in [-0.1, -0.05) is 12.1 Å². The molecule has 2 rings (SSSR count). The first-order valence-electron chi connectivity index (χ1n) is 6.34. The van der Waals surface area contributed by atoms with Crippen molar-refractivity contribution in [3.05, 3.63) is 59.4 Å². The summed E-state index contributed by atoms with van der Waals surface area (Å²) in [5.74, 6) is -0.973. The number of urea groups is 1. The van der Waals surface area contributed by atoms with Gasteiger partial charge in [-0.3, -0.25) is 4.98 Å². The number of anilines is 1. The summed E-state index contributed by atoms with van der Waals surface area (Å²) in [7, 11) is 0. The molecule has 108 valence electrons. The second kappa shape index (κ2) is 6.51. The van der Waals surface area contributed by atoms with E-state index in [4.69, 9.17) is 5.11 Å². The molecule has 21 heavy (non-hydrogen) atoms. The van der Waals surface area contributed by atoms with Gasteiger partial charge in [0.1, 0.15) is 0 Å². The lowest BCUT2D eigenvalue weighted by Gasteiger charge is -2.08. The number of carbonyl (C=O) groups excluding carboxylic acids is 1. The van der Waals surface area contributed by atoms with Crippen LogP contribution in [0.4, 0.5) is 10.5 Å². The summed E-state index contributed by atoms with van der Waals surface area (Å²) in [6.07, 6.45) is 1.58. The zero-order chi connectivity index (χ0) is 15.2. The van der Waals surface area contributed by atoms with E-state index in [1.807, 2.05) is 6.92 Å². The van der Waals surface area contributed by atoms with E-state index in [1.54, 1.807) is 30.5 Å². The Balaban J connectivity index is 1.86. The number of benzene rings is 1. The number of aryl methyl sites for hydroxylation is 1.